The molecule has 1 heterocycles. The number of nitriles is 1. The van der Waals surface area contributed by atoms with Crippen LogP contribution < -0.4 is 5.56 Å². The summed E-state index contributed by atoms with van der Waals surface area (Å²) in [6.45, 7) is 4.51. The molecule has 4 heteroatoms. The number of halogens is 1. The van der Waals surface area contributed by atoms with E-state index in [0.717, 1.165) is 5.56 Å². The predicted molar refractivity (Wildman–Crippen MR) is 75.6 cm³/mol. The van der Waals surface area contributed by atoms with Crippen molar-refractivity contribution >= 4 is 0 Å². The number of hydrogen-bond donors (Lipinski definition) is 0. The molecule has 0 N–H and O–H groups in total. The van der Waals surface area contributed by atoms with Crippen molar-refractivity contribution < 1.29 is 4.39 Å². The van der Waals surface area contributed by atoms with Crippen LogP contribution >= 0.6 is 0 Å². The van der Waals surface area contributed by atoms with E-state index in [1.165, 1.54) is 18.2 Å². The quantitative estimate of drug-likeness (QED) is 0.859. The Morgan fingerprint density at radius 2 is 1.85 bits per heavy atom. The van der Waals surface area contributed by atoms with Crippen LogP contribution in [0.15, 0.2) is 41.2 Å². The summed E-state index contributed by atoms with van der Waals surface area (Å²) >= 11 is 0. The van der Waals surface area contributed by atoms with Crippen molar-refractivity contribution in [2.75, 3.05) is 0 Å². The van der Waals surface area contributed by atoms with Crippen molar-refractivity contribution in [3.05, 3.63) is 58.1 Å². The minimum Gasteiger partial charge on any atom is -0.307 e. The molecule has 20 heavy (non-hydrogen) atoms. The summed E-state index contributed by atoms with van der Waals surface area (Å²) in [7, 11) is 0. The fourth-order valence-corrected chi connectivity index (χ4v) is 2.08. The molecule has 0 aliphatic rings. The van der Waals surface area contributed by atoms with Crippen LogP contribution in [0.3, 0.4) is 0 Å². The number of benzene rings is 1. The molecule has 0 aliphatic carbocycles. The first-order valence-electron chi connectivity index (χ1n) is 6.43. The normalized spacial score (nSPS) is 10.6. The van der Waals surface area contributed by atoms with Crippen LogP contribution in [0.2, 0.25) is 0 Å². The summed E-state index contributed by atoms with van der Waals surface area (Å²) in [6, 6.07) is 11.1. The third-order valence-electron chi connectivity index (χ3n) is 2.98. The van der Waals surface area contributed by atoms with E-state index in [2.05, 4.69) is 0 Å². The van der Waals surface area contributed by atoms with Crippen LogP contribution in [0.1, 0.15) is 19.4 Å². The minimum absolute atomic E-state index is 0.122. The molecule has 0 aliphatic heterocycles. The van der Waals surface area contributed by atoms with Crippen LogP contribution in [-0.4, -0.2) is 4.57 Å². The number of rotatable bonds is 3. The molecule has 0 unspecified atom stereocenters. The maximum absolute atomic E-state index is 13.0. The van der Waals surface area contributed by atoms with Crippen molar-refractivity contribution in [3.8, 4) is 17.3 Å². The summed E-state index contributed by atoms with van der Waals surface area (Å²) in [5, 5.41) is 8.96. The van der Waals surface area contributed by atoms with Crippen LogP contribution in [0, 0.1) is 23.1 Å². The summed E-state index contributed by atoms with van der Waals surface area (Å²) in [6.07, 6.45) is 0. The van der Waals surface area contributed by atoms with Crippen LogP contribution in [0.4, 0.5) is 4.39 Å². The zero-order valence-corrected chi connectivity index (χ0v) is 11.4. The van der Waals surface area contributed by atoms with Gasteiger partial charge in [0.15, 0.2) is 0 Å². The molecule has 0 saturated heterocycles. The van der Waals surface area contributed by atoms with Gasteiger partial charge in [0, 0.05) is 6.54 Å². The van der Waals surface area contributed by atoms with Gasteiger partial charge in [-0.05, 0) is 47.9 Å². The molecule has 0 radical (unpaired) electrons. The molecule has 2 aromatic rings. The second kappa shape index (κ2) is 5.70. The molecule has 1 aromatic carbocycles. The molecule has 0 spiro atoms. The Labute approximate surface area is 116 Å². The topological polar surface area (TPSA) is 45.8 Å². The molecular formula is C16H15FN2O. The lowest BCUT2D eigenvalue weighted by atomic mass is 10.1. The first-order chi connectivity index (χ1) is 9.52. The van der Waals surface area contributed by atoms with E-state index in [1.807, 2.05) is 19.9 Å². The van der Waals surface area contributed by atoms with Gasteiger partial charge in [-0.15, -0.1) is 0 Å². The van der Waals surface area contributed by atoms with Gasteiger partial charge < -0.3 is 4.57 Å². The molecule has 0 amide bonds. The zero-order valence-electron chi connectivity index (χ0n) is 11.4. The zero-order chi connectivity index (χ0) is 14.7. The van der Waals surface area contributed by atoms with Gasteiger partial charge in [-0.3, -0.25) is 4.79 Å². The van der Waals surface area contributed by atoms with Crippen LogP contribution in [-0.2, 0) is 6.54 Å². The standard InChI is InChI=1S/C16H15FN2O/c1-11(2)10-19-15(8-5-13(9-18)16(19)20)12-3-6-14(17)7-4-12/h3-8,11H,10H2,1-2H3. The Kier molecular flexibility index (Phi) is 3.99. The molecule has 0 atom stereocenters. The highest BCUT2D eigenvalue weighted by atomic mass is 19.1. The summed E-state index contributed by atoms with van der Waals surface area (Å²) in [4.78, 5) is 12.3. The lowest BCUT2D eigenvalue weighted by Gasteiger charge is -2.15. The molecular weight excluding hydrogens is 255 g/mol. The van der Waals surface area contributed by atoms with E-state index in [4.69, 9.17) is 5.26 Å². The molecule has 0 saturated carbocycles. The van der Waals surface area contributed by atoms with E-state index < -0.39 is 0 Å². The largest absolute Gasteiger partial charge is 0.307 e. The van der Waals surface area contributed by atoms with Crippen molar-refractivity contribution in [1.29, 1.82) is 5.26 Å². The third kappa shape index (κ3) is 2.77. The van der Waals surface area contributed by atoms with E-state index in [1.54, 1.807) is 22.8 Å². The minimum atomic E-state index is -0.319. The first-order valence-corrected chi connectivity index (χ1v) is 6.43. The van der Waals surface area contributed by atoms with Gasteiger partial charge >= 0.3 is 0 Å². The Balaban J connectivity index is 2.64. The number of nitrogens with zero attached hydrogens (tertiary/aromatic N) is 2. The Hall–Kier alpha value is -2.41. The summed E-state index contributed by atoms with van der Waals surface area (Å²) < 4.78 is 14.6. The Bertz CT molecular complexity index is 709. The third-order valence-corrected chi connectivity index (χ3v) is 2.98. The average molecular weight is 270 g/mol. The van der Waals surface area contributed by atoms with Crippen molar-refractivity contribution in [1.82, 2.24) is 4.57 Å². The molecule has 102 valence electrons. The van der Waals surface area contributed by atoms with Gasteiger partial charge in [0.1, 0.15) is 17.4 Å². The average Bonchev–Trinajstić information content (AvgIpc) is 2.42. The Morgan fingerprint density at radius 3 is 2.40 bits per heavy atom. The lowest BCUT2D eigenvalue weighted by Crippen LogP contribution is -2.26. The first kappa shape index (κ1) is 14.0. The van der Waals surface area contributed by atoms with Gasteiger partial charge in [-0.2, -0.15) is 5.26 Å². The van der Waals surface area contributed by atoms with Gasteiger partial charge in [0.25, 0.3) is 5.56 Å². The highest BCUT2D eigenvalue weighted by Crippen LogP contribution is 2.19. The lowest BCUT2D eigenvalue weighted by molar-refractivity contribution is 0.514. The fourth-order valence-electron chi connectivity index (χ4n) is 2.08. The van der Waals surface area contributed by atoms with Gasteiger partial charge in [-0.1, -0.05) is 13.8 Å². The van der Waals surface area contributed by atoms with Crippen molar-refractivity contribution in [2.24, 2.45) is 5.92 Å². The summed E-state index contributed by atoms with van der Waals surface area (Å²) in [5.41, 5.74) is 1.27. The fraction of sp³-hybridized carbons (Fsp3) is 0.250. The molecule has 3 nitrogen and oxygen atoms in total. The second-order valence-electron chi connectivity index (χ2n) is 5.06. The maximum Gasteiger partial charge on any atom is 0.268 e. The maximum atomic E-state index is 13.0. The van der Waals surface area contributed by atoms with Gasteiger partial charge in [0.2, 0.25) is 0 Å². The smallest absolute Gasteiger partial charge is 0.268 e. The number of aromatic nitrogens is 1. The molecule has 2 rings (SSSR count). The predicted octanol–water partition coefficient (Wildman–Crippen LogP) is 3.18. The monoisotopic (exact) mass is 270 g/mol. The molecule has 1 aromatic heterocycles. The highest BCUT2D eigenvalue weighted by Gasteiger charge is 2.11. The molecule has 0 fully saturated rings. The van der Waals surface area contributed by atoms with Crippen LogP contribution in [0.5, 0.6) is 0 Å². The van der Waals surface area contributed by atoms with E-state index in [-0.39, 0.29) is 22.9 Å². The van der Waals surface area contributed by atoms with E-state index in [9.17, 15) is 9.18 Å². The number of hydrogen-bond acceptors (Lipinski definition) is 2. The highest BCUT2D eigenvalue weighted by molar-refractivity contribution is 5.60. The second-order valence-corrected chi connectivity index (χ2v) is 5.06. The van der Waals surface area contributed by atoms with Crippen LogP contribution in [0.25, 0.3) is 11.3 Å². The van der Waals surface area contributed by atoms with Crippen molar-refractivity contribution in [2.45, 2.75) is 20.4 Å². The van der Waals surface area contributed by atoms with Gasteiger partial charge in [-0.25, -0.2) is 4.39 Å². The van der Waals surface area contributed by atoms with E-state index in [0.29, 0.717) is 12.2 Å². The summed E-state index contributed by atoms with van der Waals surface area (Å²) in [5.74, 6) is -0.0546. The van der Waals surface area contributed by atoms with E-state index >= 15 is 0 Å². The van der Waals surface area contributed by atoms with Gasteiger partial charge in [0.05, 0.1) is 5.69 Å². The Morgan fingerprint density at radius 1 is 1.20 bits per heavy atom. The number of pyridine rings is 1. The van der Waals surface area contributed by atoms with Crippen molar-refractivity contribution in [3.63, 3.8) is 0 Å². The SMILES string of the molecule is CC(C)Cn1c(-c2ccc(F)cc2)ccc(C#N)c1=O. The molecule has 0 bridgehead atoms.